The van der Waals surface area contributed by atoms with Gasteiger partial charge in [0.2, 0.25) is 0 Å². The van der Waals surface area contributed by atoms with Crippen LogP contribution in [0.5, 0.6) is 23.0 Å². The molecule has 0 fully saturated rings. The number of carbonyl (C=O) groups is 10. The second-order valence-corrected chi connectivity index (χ2v) is 17.9. The number of imide groups is 2. The van der Waals surface area contributed by atoms with Crippen LogP contribution in [0.4, 0.5) is 22.7 Å². The molecule has 0 radical (unpaired) electrons. The first-order chi connectivity index (χ1) is 39.6. The Morgan fingerprint density at radius 1 is 0.354 bits per heavy atom. The van der Waals surface area contributed by atoms with Gasteiger partial charge in [-0.25, -0.2) is 29.0 Å². The number of hydrogen-bond donors (Lipinski definition) is 2. The Bertz CT molecular complexity index is 3860. The Morgan fingerprint density at radius 2 is 0.671 bits per heavy atom. The molecular formula is C64H44N4O14. The zero-order valence-corrected chi connectivity index (χ0v) is 43.4. The molecule has 0 aromatic heterocycles. The minimum Gasteiger partial charge on any atom is -0.423 e. The van der Waals surface area contributed by atoms with E-state index in [1.807, 2.05) is 0 Å². The molecule has 2 aliphatic heterocycles. The van der Waals surface area contributed by atoms with Crippen LogP contribution in [-0.4, -0.2) is 66.2 Å². The molecular weight excluding hydrogens is 1050 g/mol. The highest BCUT2D eigenvalue weighted by Gasteiger charge is 2.27. The molecule has 2 aliphatic rings. The van der Waals surface area contributed by atoms with Crippen molar-refractivity contribution in [1.82, 2.24) is 0 Å². The van der Waals surface area contributed by atoms with Crippen LogP contribution in [0.25, 0.3) is 11.1 Å². The van der Waals surface area contributed by atoms with E-state index in [9.17, 15) is 47.9 Å². The predicted octanol–water partition coefficient (Wildman–Crippen LogP) is 10.3. The summed E-state index contributed by atoms with van der Waals surface area (Å²) < 4.78 is 21.7. The molecule has 0 spiro atoms. The van der Waals surface area contributed by atoms with Crippen molar-refractivity contribution in [1.29, 1.82) is 0 Å². The topological polar surface area (TPSA) is 238 Å². The van der Waals surface area contributed by atoms with Crippen molar-refractivity contribution >= 4 is 81.9 Å². The van der Waals surface area contributed by atoms with Crippen LogP contribution in [0, 0.1) is 0 Å². The lowest BCUT2D eigenvalue weighted by molar-refractivity contribution is -0.121. The molecule has 18 heteroatoms. The van der Waals surface area contributed by atoms with Gasteiger partial charge in [0.15, 0.2) is 5.78 Å². The van der Waals surface area contributed by atoms with E-state index >= 15 is 0 Å². The molecule has 0 saturated carbocycles. The van der Waals surface area contributed by atoms with Gasteiger partial charge < -0.3 is 29.6 Å². The average molecular weight is 1090 g/mol. The Balaban J connectivity index is 0.000000198. The number of anilines is 4. The summed E-state index contributed by atoms with van der Waals surface area (Å²) >= 11 is 0. The number of ether oxygens (including phenoxy) is 4. The Morgan fingerprint density at radius 3 is 1.04 bits per heavy atom. The number of nitrogens with one attached hydrogen (secondary N) is 2. The third-order valence-electron chi connectivity index (χ3n) is 12.3. The highest BCUT2D eigenvalue weighted by atomic mass is 16.5. The van der Waals surface area contributed by atoms with E-state index in [-0.39, 0.29) is 39.4 Å². The van der Waals surface area contributed by atoms with Gasteiger partial charge in [-0.2, -0.15) is 0 Å². The summed E-state index contributed by atoms with van der Waals surface area (Å²) in [5, 5.41) is 5.72. The van der Waals surface area contributed by atoms with Crippen LogP contribution in [0.1, 0.15) is 69.1 Å². The third-order valence-corrected chi connectivity index (χ3v) is 12.3. The van der Waals surface area contributed by atoms with Crippen molar-refractivity contribution in [3.63, 3.8) is 0 Å². The van der Waals surface area contributed by atoms with Crippen molar-refractivity contribution in [2.75, 3.05) is 27.5 Å². The van der Waals surface area contributed by atoms with Gasteiger partial charge in [0, 0.05) is 53.9 Å². The first kappa shape index (κ1) is 55.1. The standard InChI is InChI=1S/C32H23N3O7.C32H21NO7/c1-33-23-7-13-26(14-8-23)42-32(40)22-4-2-3-21(19-22)30(38)34-24-9-15-27(16-10-24)41-31(39)20-5-11-25(12-6-20)35-28(36)17-18-29(35)37;1-20(34)24-3-2-4-25(19-24)32(38)40-28-15-9-22(10-16-28)21-7-13-27(14-8-21)39-31(37)23-5-11-26(12-6-23)33-29(35)17-18-30(33)36/h2-19,33H,1H3,(H,34,38);2-19H,1H3. The van der Waals surface area contributed by atoms with Crippen molar-refractivity contribution in [3.05, 3.63) is 252 Å². The first-order valence-electron chi connectivity index (χ1n) is 24.9. The molecule has 0 saturated heterocycles. The lowest BCUT2D eigenvalue weighted by atomic mass is 10.1. The zero-order chi connectivity index (χ0) is 57.9. The molecule has 0 unspecified atom stereocenters. The van der Waals surface area contributed by atoms with Crippen molar-refractivity contribution < 1.29 is 66.9 Å². The molecule has 0 aliphatic carbocycles. The Hall–Kier alpha value is -11.7. The molecule has 5 amide bonds. The van der Waals surface area contributed by atoms with Gasteiger partial charge >= 0.3 is 23.9 Å². The third kappa shape index (κ3) is 13.4. The molecule has 2 heterocycles. The summed E-state index contributed by atoms with van der Waals surface area (Å²) in [5.41, 5.74) is 5.39. The number of Topliss-reactive ketones (excluding diaryl/α,β-unsaturated/α-hetero) is 1. The fraction of sp³-hybridized carbons (Fsp3) is 0.0312. The molecule has 8 aromatic carbocycles. The molecule has 8 aromatic rings. The number of amides is 5. The lowest BCUT2D eigenvalue weighted by Gasteiger charge is -2.14. The van der Waals surface area contributed by atoms with Crippen LogP contribution in [0.3, 0.4) is 0 Å². The summed E-state index contributed by atoms with van der Waals surface area (Å²) in [6.07, 6.45) is 4.73. The fourth-order valence-electron chi connectivity index (χ4n) is 8.05. The van der Waals surface area contributed by atoms with Gasteiger partial charge in [0.25, 0.3) is 29.5 Å². The molecule has 18 nitrogen and oxygen atoms in total. The highest BCUT2D eigenvalue weighted by Crippen LogP contribution is 2.28. The molecule has 82 heavy (non-hydrogen) atoms. The lowest BCUT2D eigenvalue weighted by Crippen LogP contribution is -2.29. The summed E-state index contributed by atoms with van der Waals surface area (Å²) in [7, 11) is 1.79. The number of carbonyl (C=O) groups excluding carboxylic acids is 10. The van der Waals surface area contributed by atoms with Gasteiger partial charge in [-0.15, -0.1) is 0 Å². The van der Waals surface area contributed by atoms with Gasteiger partial charge in [0.05, 0.1) is 33.6 Å². The van der Waals surface area contributed by atoms with Crippen LogP contribution in [-0.2, 0) is 19.2 Å². The number of rotatable bonds is 15. The maximum Gasteiger partial charge on any atom is 0.343 e. The van der Waals surface area contributed by atoms with Crippen LogP contribution in [0.15, 0.2) is 218 Å². The Labute approximate surface area is 467 Å². The maximum atomic E-state index is 12.8. The predicted molar refractivity (Wildman–Crippen MR) is 301 cm³/mol. The van der Waals surface area contributed by atoms with Gasteiger partial charge in [0.1, 0.15) is 23.0 Å². The quantitative estimate of drug-likeness (QED) is 0.0420. The van der Waals surface area contributed by atoms with Crippen LogP contribution < -0.4 is 39.4 Å². The molecule has 0 atom stereocenters. The molecule has 10 rings (SSSR count). The smallest absolute Gasteiger partial charge is 0.343 e. The summed E-state index contributed by atoms with van der Waals surface area (Å²) in [6, 6.07) is 51.2. The number of nitrogens with zero attached hydrogens (tertiary/aromatic N) is 2. The number of esters is 4. The minimum absolute atomic E-state index is 0.137. The summed E-state index contributed by atoms with van der Waals surface area (Å²) in [4.78, 5) is 124. The maximum absolute atomic E-state index is 12.8. The second-order valence-electron chi connectivity index (χ2n) is 17.9. The van der Waals surface area contributed by atoms with Gasteiger partial charge in [-0.3, -0.25) is 28.8 Å². The number of benzene rings is 8. The van der Waals surface area contributed by atoms with Gasteiger partial charge in [-0.05, 0) is 170 Å². The molecule has 0 bridgehead atoms. The van der Waals surface area contributed by atoms with Crippen molar-refractivity contribution in [2.45, 2.75) is 6.92 Å². The molecule has 2 N–H and O–H groups in total. The monoisotopic (exact) mass is 1090 g/mol. The van der Waals surface area contributed by atoms with Crippen LogP contribution >= 0.6 is 0 Å². The van der Waals surface area contributed by atoms with Crippen molar-refractivity contribution in [2.24, 2.45) is 0 Å². The summed E-state index contributed by atoms with van der Waals surface area (Å²) in [6.45, 7) is 1.43. The largest absolute Gasteiger partial charge is 0.423 e. The van der Waals surface area contributed by atoms with E-state index in [4.69, 9.17) is 18.9 Å². The van der Waals surface area contributed by atoms with Crippen molar-refractivity contribution in [3.8, 4) is 34.1 Å². The fourth-order valence-corrected chi connectivity index (χ4v) is 8.05. The Kier molecular flexibility index (Phi) is 16.6. The van der Waals surface area contributed by atoms with E-state index < -0.39 is 53.4 Å². The molecule has 404 valence electrons. The normalized spacial score (nSPS) is 12.3. The summed E-state index contributed by atoms with van der Waals surface area (Å²) in [5.74, 6) is -3.45. The average Bonchev–Trinajstić information content (AvgIpc) is 4.13. The van der Waals surface area contributed by atoms with E-state index in [1.54, 1.807) is 128 Å². The first-order valence-corrected chi connectivity index (χ1v) is 24.9. The number of ketones is 1. The number of hydrogen-bond acceptors (Lipinski definition) is 15. The minimum atomic E-state index is -0.641. The zero-order valence-electron chi connectivity index (χ0n) is 43.4. The van der Waals surface area contributed by atoms with E-state index in [0.29, 0.717) is 39.9 Å². The van der Waals surface area contributed by atoms with E-state index in [0.717, 1.165) is 26.6 Å². The second kappa shape index (κ2) is 24.8. The SMILES string of the molecule is CC(=O)c1cccc(C(=O)Oc2ccc(-c3ccc(OC(=O)c4ccc(N5C(=O)C=CC5=O)cc4)cc3)cc2)c1.CNc1ccc(OC(=O)c2cccc(C(=O)Nc3ccc(OC(=O)c4ccc(N5C(=O)C=CC5=O)cc4)cc3)c2)cc1. The van der Waals surface area contributed by atoms with E-state index in [1.165, 1.54) is 104 Å². The van der Waals surface area contributed by atoms with Crippen LogP contribution in [0.2, 0.25) is 0 Å². The van der Waals surface area contributed by atoms with Gasteiger partial charge in [-0.1, -0.05) is 42.5 Å². The highest BCUT2D eigenvalue weighted by molar-refractivity contribution is 6.29. The van der Waals surface area contributed by atoms with E-state index in [2.05, 4.69) is 10.6 Å².